The lowest BCUT2D eigenvalue weighted by Gasteiger charge is -1.99. The van der Waals surface area contributed by atoms with Crippen LogP contribution in [0, 0.1) is 12.8 Å². The second-order valence-corrected chi connectivity index (χ2v) is 5.51. The Hall–Kier alpha value is -1.69. The zero-order valence-electron chi connectivity index (χ0n) is 10.4. The Labute approximate surface area is 109 Å². The fourth-order valence-electron chi connectivity index (χ4n) is 1.62. The average Bonchev–Trinajstić information content (AvgIpc) is 2.83. The molecule has 2 aromatic rings. The van der Waals surface area contributed by atoms with Gasteiger partial charge in [0.05, 0.1) is 10.7 Å². The van der Waals surface area contributed by atoms with E-state index in [1.807, 2.05) is 26.2 Å². The smallest absolute Gasteiger partial charge is 0.373 e. The van der Waals surface area contributed by atoms with Crippen molar-refractivity contribution in [1.29, 1.82) is 0 Å². The molecule has 2 aromatic heterocycles. The monoisotopic (exact) mass is 266 g/mol. The van der Waals surface area contributed by atoms with Gasteiger partial charge < -0.3 is 9.52 Å². The van der Waals surface area contributed by atoms with Crippen LogP contribution in [-0.2, 0) is 6.42 Å². The highest BCUT2D eigenvalue weighted by molar-refractivity contribution is 7.09. The summed E-state index contributed by atoms with van der Waals surface area (Å²) in [6.07, 6.45) is 0.578. The number of rotatable bonds is 4. The van der Waals surface area contributed by atoms with E-state index in [1.54, 1.807) is 0 Å². The summed E-state index contributed by atoms with van der Waals surface area (Å²) >= 11 is 1.48. The lowest BCUT2D eigenvalue weighted by Crippen LogP contribution is -2.03. The van der Waals surface area contributed by atoms with E-state index in [1.165, 1.54) is 11.3 Å². The predicted molar refractivity (Wildman–Crippen MR) is 67.8 cm³/mol. The SMILES string of the molecule is Cc1nc(-c2nc(CC(C)C)c(C(=O)O)o2)cs1. The van der Waals surface area contributed by atoms with Gasteiger partial charge >= 0.3 is 5.97 Å². The standard InChI is InChI=1S/C12H14N2O3S/c1-6(2)4-8-10(12(15)16)17-11(14-8)9-5-18-7(3)13-9/h5-6H,4H2,1-3H3,(H,15,16). The van der Waals surface area contributed by atoms with E-state index in [-0.39, 0.29) is 11.7 Å². The van der Waals surface area contributed by atoms with Gasteiger partial charge in [-0.25, -0.2) is 14.8 Å². The van der Waals surface area contributed by atoms with Gasteiger partial charge in [-0.1, -0.05) is 13.8 Å². The number of nitrogens with zero attached hydrogens (tertiary/aromatic N) is 2. The first-order valence-electron chi connectivity index (χ1n) is 5.63. The lowest BCUT2D eigenvalue weighted by atomic mass is 10.1. The molecule has 5 nitrogen and oxygen atoms in total. The van der Waals surface area contributed by atoms with Gasteiger partial charge in [0, 0.05) is 5.38 Å². The Morgan fingerprint density at radius 3 is 2.72 bits per heavy atom. The summed E-state index contributed by atoms with van der Waals surface area (Å²) < 4.78 is 5.31. The molecular formula is C12H14N2O3S. The molecular weight excluding hydrogens is 252 g/mol. The van der Waals surface area contributed by atoms with Gasteiger partial charge in [0.25, 0.3) is 0 Å². The maximum atomic E-state index is 11.1. The van der Waals surface area contributed by atoms with E-state index in [9.17, 15) is 4.79 Å². The van der Waals surface area contributed by atoms with Crippen molar-refractivity contribution < 1.29 is 14.3 Å². The molecule has 0 aliphatic rings. The maximum Gasteiger partial charge on any atom is 0.373 e. The van der Waals surface area contributed by atoms with E-state index in [2.05, 4.69) is 9.97 Å². The number of hydrogen-bond donors (Lipinski definition) is 1. The van der Waals surface area contributed by atoms with Crippen molar-refractivity contribution >= 4 is 17.3 Å². The highest BCUT2D eigenvalue weighted by Crippen LogP contribution is 2.25. The molecule has 0 saturated heterocycles. The quantitative estimate of drug-likeness (QED) is 0.920. The Kier molecular flexibility index (Phi) is 3.47. The molecule has 0 atom stereocenters. The minimum atomic E-state index is -1.09. The molecule has 0 aromatic carbocycles. The minimum absolute atomic E-state index is 0.0793. The molecule has 0 aliphatic carbocycles. The first kappa shape index (κ1) is 12.8. The first-order chi connectivity index (χ1) is 8.47. The third-order valence-electron chi connectivity index (χ3n) is 2.33. The Bertz CT molecular complexity index is 572. The van der Waals surface area contributed by atoms with Crippen molar-refractivity contribution in [3.05, 3.63) is 21.8 Å². The van der Waals surface area contributed by atoms with Gasteiger partial charge in [0.2, 0.25) is 11.7 Å². The molecule has 0 amide bonds. The number of aromatic carboxylic acids is 1. The molecule has 96 valence electrons. The molecule has 0 aliphatic heterocycles. The predicted octanol–water partition coefficient (Wildman–Crippen LogP) is 3.00. The van der Waals surface area contributed by atoms with Crippen LogP contribution in [0.2, 0.25) is 0 Å². The van der Waals surface area contributed by atoms with Crippen LogP contribution in [0.5, 0.6) is 0 Å². The van der Waals surface area contributed by atoms with E-state index < -0.39 is 5.97 Å². The second kappa shape index (κ2) is 4.89. The highest BCUT2D eigenvalue weighted by Gasteiger charge is 2.21. The van der Waals surface area contributed by atoms with Crippen LogP contribution in [0.15, 0.2) is 9.80 Å². The maximum absolute atomic E-state index is 11.1. The molecule has 18 heavy (non-hydrogen) atoms. The van der Waals surface area contributed by atoms with Crippen LogP contribution in [0.4, 0.5) is 0 Å². The molecule has 0 spiro atoms. The molecule has 0 radical (unpaired) electrons. The van der Waals surface area contributed by atoms with E-state index in [4.69, 9.17) is 9.52 Å². The number of hydrogen-bond acceptors (Lipinski definition) is 5. The topological polar surface area (TPSA) is 76.2 Å². The van der Waals surface area contributed by atoms with Crippen molar-refractivity contribution in [2.24, 2.45) is 5.92 Å². The summed E-state index contributed by atoms with van der Waals surface area (Å²) in [6, 6.07) is 0. The third kappa shape index (κ3) is 2.59. The van der Waals surface area contributed by atoms with Crippen molar-refractivity contribution in [2.75, 3.05) is 0 Å². The Balaban J connectivity index is 2.42. The van der Waals surface area contributed by atoms with Gasteiger partial charge in [0.15, 0.2) is 0 Å². The molecule has 2 rings (SSSR count). The second-order valence-electron chi connectivity index (χ2n) is 4.45. The molecule has 0 bridgehead atoms. The number of carboxylic acids is 1. The third-order valence-corrected chi connectivity index (χ3v) is 3.10. The van der Waals surface area contributed by atoms with Crippen molar-refractivity contribution in [3.8, 4) is 11.6 Å². The van der Waals surface area contributed by atoms with Crippen LogP contribution in [0.25, 0.3) is 11.6 Å². The van der Waals surface area contributed by atoms with Crippen molar-refractivity contribution in [2.45, 2.75) is 27.2 Å². The lowest BCUT2D eigenvalue weighted by molar-refractivity contribution is 0.0661. The zero-order chi connectivity index (χ0) is 13.3. The molecule has 1 N–H and O–H groups in total. The Morgan fingerprint density at radius 1 is 1.50 bits per heavy atom. The molecule has 6 heteroatoms. The van der Waals surface area contributed by atoms with Crippen molar-refractivity contribution in [3.63, 3.8) is 0 Å². The van der Waals surface area contributed by atoms with Gasteiger partial charge in [-0.05, 0) is 19.3 Å². The summed E-state index contributed by atoms with van der Waals surface area (Å²) in [4.78, 5) is 19.6. The number of thiazole rings is 1. The van der Waals surface area contributed by atoms with Crippen LogP contribution < -0.4 is 0 Å². The zero-order valence-corrected chi connectivity index (χ0v) is 11.2. The van der Waals surface area contributed by atoms with Crippen LogP contribution >= 0.6 is 11.3 Å². The molecule has 0 fully saturated rings. The van der Waals surface area contributed by atoms with Gasteiger partial charge in [0.1, 0.15) is 5.69 Å². The van der Waals surface area contributed by atoms with E-state index in [0.29, 0.717) is 23.7 Å². The van der Waals surface area contributed by atoms with Gasteiger partial charge in [-0.2, -0.15) is 0 Å². The van der Waals surface area contributed by atoms with E-state index >= 15 is 0 Å². The highest BCUT2D eigenvalue weighted by atomic mass is 32.1. The number of oxazole rings is 1. The molecule has 0 unspecified atom stereocenters. The summed E-state index contributed by atoms with van der Waals surface area (Å²) in [5, 5.41) is 11.8. The summed E-state index contributed by atoms with van der Waals surface area (Å²) in [7, 11) is 0. The number of aromatic nitrogens is 2. The van der Waals surface area contributed by atoms with E-state index in [0.717, 1.165) is 5.01 Å². The largest absolute Gasteiger partial charge is 0.475 e. The Morgan fingerprint density at radius 2 is 2.22 bits per heavy atom. The van der Waals surface area contributed by atoms with Crippen molar-refractivity contribution in [1.82, 2.24) is 9.97 Å². The first-order valence-corrected chi connectivity index (χ1v) is 6.51. The van der Waals surface area contributed by atoms with Gasteiger partial charge in [-0.3, -0.25) is 0 Å². The average molecular weight is 266 g/mol. The van der Waals surface area contributed by atoms with Gasteiger partial charge in [-0.15, -0.1) is 11.3 Å². The molecule has 2 heterocycles. The minimum Gasteiger partial charge on any atom is -0.475 e. The number of aryl methyl sites for hydroxylation is 1. The number of carboxylic acid groups (broad SMARTS) is 1. The molecule has 0 saturated carbocycles. The summed E-state index contributed by atoms with van der Waals surface area (Å²) in [6.45, 7) is 5.89. The fraction of sp³-hybridized carbons (Fsp3) is 0.417. The summed E-state index contributed by atoms with van der Waals surface area (Å²) in [5.41, 5.74) is 1.08. The summed E-state index contributed by atoms with van der Waals surface area (Å²) in [5.74, 6) is -0.564. The van der Waals surface area contributed by atoms with Crippen LogP contribution in [0.1, 0.15) is 35.1 Å². The number of carbonyl (C=O) groups is 1. The fourth-order valence-corrected chi connectivity index (χ4v) is 2.20. The normalized spacial score (nSPS) is 11.1. The van der Waals surface area contributed by atoms with Crippen LogP contribution in [0.3, 0.4) is 0 Å². The van der Waals surface area contributed by atoms with Crippen LogP contribution in [-0.4, -0.2) is 21.0 Å².